The fourth-order valence-electron chi connectivity index (χ4n) is 4.11. The zero-order chi connectivity index (χ0) is 23.7. The number of rotatable bonds is 5. The minimum absolute atomic E-state index is 0.196. The van der Waals surface area contributed by atoms with E-state index in [0.29, 0.717) is 11.5 Å². The third-order valence-corrected chi connectivity index (χ3v) is 5.94. The van der Waals surface area contributed by atoms with Crippen LogP contribution in [0.3, 0.4) is 0 Å². The first-order valence-corrected chi connectivity index (χ1v) is 11.2. The predicted octanol–water partition coefficient (Wildman–Crippen LogP) is 4.24. The highest BCUT2D eigenvalue weighted by molar-refractivity contribution is 5.83. The molecule has 0 bridgehead atoms. The molecule has 8 heteroatoms. The molecule has 0 radical (unpaired) electrons. The molecule has 0 spiro atoms. The molecule has 0 amide bonds. The van der Waals surface area contributed by atoms with Crippen molar-refractivity contribution >= 4 is 17.6 Å². The van der Waals surface area contributed by atoms with Crippen molar-refractivity contribution in [3.63, 3.8) is 0 Å². The van der Waals surface area contributed by atoms with Crippen LogP contribution in [0.5, 0.6) is 0 Å². The fourth-order valence-corrected chi connectivity index (χ4v) is 4.11. The van der Waals surface area contributed by atoms with Crippen LogP contribution in [0.4, 0.5) is 11.5 Å². The lowest BCUT2D eigenvalue weighted by molar-refractivity contribution is 0.455. The van der Waals surface area contributed by atoms with Crippen molar-refractivity contribution in [1.29, 1.82) is 0 Å². The molecule has 1 unspecified atom stereocenters. The van der Waals surface area contributed by atoms with Crippen LogP contribution in [-0.4, -0.2) is 24.9 Å². The van der Waals surface area contributed by atoms with Crippen LogP contribution in [-0.2, 0) is 5.66 Å². The van der Waals surface area contributed by atoms with Gasteiger partial charge in [-0.2, -0.15) is 0 Å². The number of benzene rings is 1. The minimum atomic E-state index is -1.000. The molecule has 34 heavy (non-hydrogen) atoms. The lowest BCUT2D eigenvalue weighted by Crippen LogP contribution is -2.51. The van der Waals surface area contributed by atoms with E-state index < -0.39 is 5.66 Å². The highest BCUT2D eigenvalue weighted by atomic mass is 15.1. The summed E-state index contributed by atoms with van der Waals surface area (Å²) in [6, 6.07) is 11.7. The summed E-state index contributed by atoms with van der Waals surface area (Å²) in [6.45, 7) is 6.20. The van der Waals surface area contributed by atoms with E-state index in [2.05, 4.69) is 57.4 Å². The first-order valence-electron chi connectivity index (χ1n) is 11.2. The molecule has 5 rings (SSSR count). The van der Waals surface area contributed by atoms with E-state index in [9.17, 15) is 0 Å². The normalized spacial score (nSPS) is 16.7. The third kappa shape index (κ3) is 3.78. The summed E-state index contributed by atoms with van der Waals surface area (Å²) in [6.07, 6.45) is 10.7. The van der Waals surface area contributed by atoms with E-state index in [4.69, 9.17) is 10.7 Å². The summed E-state index contributed by atoms with van der Waals surface area (Å²) in [4.78, 5) is 22.2. The van der Waals surface area contributed by atoms with E-state index in [-0.39, 0.29) is 5.92 Å². The summed E-state index contributed by atoms with van der Waals surface area (Å²) < 4.78 is 0. The topological polar surface area (TPSA) is 115 Å². The second-order valence-electron chi connectivity index (χ2n) is 8.58. The van der Waals surface area contributed by atoms with Gasteiger partial charge in [0.1, 0.15) is 18.0 Å². The van der Waals surface area contributed by atoms with Gasteiger partial charge in [-0.05, 0) is 49.0 Å². The largest absolute Gasteiger partial charge is 0.365 e. The van der Waals surface area contributed by atoms with Crippen LogP contribution >= 0.6 is 0 Å². The standard InChI is InChI=1S/C26H26N8/c1-16(2)24-30-13-10-22(33-24)26(27)20-7-6-17(3)23(18(20)8-14-32-26)34-25-19(5-4-11-29-25)21-9-12-28-15-31-21/h4-16,32H,27H2,1-3H3,(H,29,34). The number of fused-ring (bicyclic) bond motifs is 1. The molecule has 4 N–H and O–H groups in total. The van der Waals surface area contributed by atoms with Crippen molar-refractivity contribution in [2.24, 2.45) is 5.73 Å². The first-order chi connectivity index (χ1) is 16.5. The molecule has 1 aromatic carbocycles. The Kier molecular flexibility index (Phi) is 5.51. The number of hydrogen-bond acceptors (Lipinski definition) is 8. The Balaban J connectivity index is 1.61. The third-order valence-electron chi connectivity index (χ3n) is 5.94. The number of anilines is 2. The minimum Gasteiger partial charge on any atom is -0.365 e. The van der Waals surface area contributed by atoms with Crippen molar-refractivity contribution in [3.05, 3.63) is 95.7 Å². The molecule has 1 atom stereocenters. The van der Waals surface area contributed by atoms with Crippen LogP contribution in [0, 0.1) is 6.92 Å². The highest BCUT2D eigenvalue weighted by Gasteiger charge is 2.35. The predicted molar refractivity (Wildman–Crippen MR) is 133 cm³/mol. The Morgan fingerprint density at radius 2 is 1.88 bits per heavy atom. The van der Waals surface area contributed by atoms with E-state index in [1.54, 1.807) is 18.6 Å². The monoisotopic (exact) mass is 450 g/mol. The molecule has 8 nitrogen and oxygen atoms in total. The first kappa shape index (κ1) is 21.7. The second kappa shape index (κ2) is 8.64. The molecule has 0 saturated carbocycles. The number of aryl methyl sites for hydroxylation is 1. The van der Waals surface area contributed by atoms with E-state index in [1.165, 1.54) is 6.33 Å². The van der Waals surface area contributed by atoms with Crippen molar-refractivity contribution in [3.8, 4) is 11.3 Å². The molecule has 0 fully saturated rings. The van der Waals surface area contributed by atoms with Gasteiger partial charge in [-0.3, -0.25) is 5.73 Å². The zero-order valence-electron chi connectivity index (χ0n) is 19.3. The average Bonchev–Trinajstić information content (AvgIpc) is 2.87. The number of hydrogen-bond donors (Lipinski definition) is 3. The Morgan fingerprint density at radius 3 is 2.68 bits per heavy atom. The fraction of sp³-hybridized carbons (Fsp3) is 0.192. The molecule has 4 aromatic rings. The number of nitrogens with two attached hydrogens (primary N) is 1. The number of nitrogens with one attached hydrogen (secondary N) is 2. The van der Waals surface area contributed by atoms with Crippen LogP contribution in [0.15, 0.2) is 67.5 Å². The van der Waals surface area contributed by atoms with Gasteiger partial charge in [0, 0.05) is 41.2 Å². The van der Waals surface area contributed by atoms with Crippen LogP contribution < -0.4 is 16.4 Å². The van der Waals surface area contributed by atoms with E-state index >= 15 is 0 Å². The number of pyridine rings is 1. The van der Waals surface area contributed by atoms with Gasteiger partial charge >= 0.3 is 0 Å². The maximum Gasteiger partial charge on any atom is 0.156 e. The van der Waals surface area contributed by atoms with Gasteiger partial charge in [0.15, 0.2) is 5.66 Å². The van der Waals surface area contributed by atoms with E-state index in [0.717, 1.165) is 39.5 Å². The van der Waals surface area contributed by atoms with Crippen molar-refractivity contribution in [2.75, 3.05) is 5.32 Å². The van der Waals surface area contributed by atoms with Crippen molar-refractivity contribution < 1.29 is 0 Å². The molecule has 1 aliphatic rings. The molecular weight excluding hydrogens is 424 g/mol. The summed E-state index contributed by atoms with van der Waals surface area (Å²) in [5.74, 6) is 1.66. The summed E-state index contributed by atoms with van der Waals surface area (Å²) in [7, 11) is 0. The van der Waals surface area contributed by atoms with Gasteiger partial charge in [0.2, 0.25) is 0 Å². The van der Waals surface area contributed by atoms with Crippen molar-refractivity contribution in [2.45, 2.75) is 32.4 Å². The van der Waals surface area contributed by atoms with Crippen LogP contribution in [0.1, 0.15) is 48.0 Å². The van der Waals surface area contributed by atoms with Gasteiger partial charge < -0.3 is 10.6 Å². The number of aromatic nitrogens is 5. The van der Waals surface area contributed by atoms with E-state index in [1.807, 2.05) is 42.6 Å². The summed E-state index contributed by atoms with van der Waals surface area (Å²) in [5, 5.41) is 6.88. The molecule has 1 aliphatic heterocycles. The molecule has 4 heterocycles. The second-order valence-corrected chi connectivity index (χ2v) is 8.58. The van der Waals surface area contributed by atoms with Crippen LogP contribution in [0.2, 0.25) is 0 Å². The van der Waals surface area contributed by atoms with Gasteiger partial charge in [0.05, 0.1) is 17.1 Å². The molecular formula is C26H26N8. The average molecular weight is 451 g/mol. The van der Waals surface area contributed by atoms with Gasteiger partial charge in [-0.25, -0.2) is 24.9 Å². The molecule has 0 aliphatic carbocycles. The quantitative estimate of drug-likeness (QED) is 0.414. The lowest BCUT2D eigenvalue weighted by Gasteiger charge is -2.35. The molecule has 0 saturated heterocycles. The number of nitrogens with zero attached hydrogens (tertiary/aromatic N) is 5. The Hall–Kier alpha value is -4.17. The SMILES string of the molecule is Cc1ccc2c(c1Nc1ncccc1-c1ccncn1)C=CNC2(N)c1ccnc(C(C)C)n1. The Bertz CT molecular complexity index is 1370. The Labute approximate surface area is 198 Å². The lowest BCUT2D eigenvalue weighted by atomic mass is 9.87. The smallest absolute Gasteiger partial charge is 0.156 e. The van der Waals surface area contributed by atoms with Gasteiger partial charge in [-0.15, -0.1) is 0 Å². The maximum absolute atomic E-state index is 6.98. The van der Waals surface area contributed by atoms with Crippen molar-refractivity contribution in [1.82, 2.24) is 30.2 Å². The summed E-state index contributed by atoms with van der Waals surface area (Å²) in [5.41, 5.74) is 12.3. The Morgan fingerprint density at radius 1 is 1.00 bits per heavy atom. The van der Waals surface area contributed by atoms with Gasteiger partial charge in [-0.1, -0.05) is 26.0 Å². The maximum atomic E-state index is 6.98. The van der Waals surface area contributed by atoms with Crippen LogP contribution in [0.25, 0.3) is 17.3 Å². The summed E-state index contributed by atoms with van der Waals surface area (Å²) >= 11 is 0. The molecule has 3 aromatic heterocycles. The zero-order valence-corrected chi connectivity index (χ0v) is 19.3. The molecule has 170 valence electrons. The van der Waals surface area contributed by atoms with Gasteiger partial charge in [0.25, 0.3) is 0 Å². The highest BCUT2D eigenvalue weighted by Crippen LogP contribution is 2.38.